The number of hydrazine groups is 1. The number of nitrogens with one attached hydrogen (secondary N) is 1. The fourth-order valence-electron chi connectivity index (χ4n) is 1.38. The Bertz CT molecular complexity index is 425. The van der Waals surface area contributed by atoms with Gasteiger partial charge in [-0.25, -0.2) is 5.84 Å². The molecule has 6 nitrogen and oxygen atoms in total. The van der Waals surface area contributed by atoms with E-state index in [0.717, 1.165) is 3.57 Å². The Balaban J connectivity index is 3.14. The summed E-state index contributed by atoms with van der Waals surface area (Å²) in [4.78, 5) is 11.4. The number of nitrogens with two attached hydrogens (primary N) is 1. The van der Waals surface area contributed by atoms with Crippen LogP contribution in [-0.2, 0) is 6.42 Å². The number of aliphatic hydroxyl groups excluding tert-OH is 2. The van der Waals surface area contributed by atoms with Gasteiger partial charge < -0.3 is 15.3 Å². The van der Waals surface area contributed by atoms with Gasteiger partial charge in [0, 0.05) is 9.99 Å². The summed E-state index contributed by atoms with van der Waals surface area (Å²) < 4.78 is 0.721. The minimum atomic E-state index is -0.979. The molecule has 0 aliphatic rings. The van der Waals surface area contributed by atoms with Gasteiger partial charge in [-0.05, 0) is 40.3 Å². The Labute approximate surface area is 112 Å². The van der Waals surface area contributed by atoms with Gasteiger partial charge in [0.1, 0.15) is 5.75 Å². The number of phenolic OH excluding ortho intramolecular Hbond substituents is 1. The number of carbonyl (C=O) groups excluding carboxylic acids is 1. The number of phenols is 1. The van der Waals surface area contributed by atoms with Gasteiger partial charge in [0.15, 0.2) is 0 Å². The standard InChI is InChI=1S/C10H13IN2O4/c11-6-1-5(2-7(15)4-14)9(16)8(3-6)10(17)13-12/h1,3,7,14-16H,2,4,12H2,(H,13,17). The van der Waals surface area contributed by atoms with Crippen molar-refractivity contribution in [3.05, 3.63) is 26.8 Å². The maximum atomic E-state index is 11.4. The molecule has 1 amide bonds. The van der Waals surface area contributed by atoms with E-state index in [9.17, 15) is 15.0 Å². The first-order valence-corrected chi connectivity index (χ1v) is 5.88. The van der Waals surface area contributed by atoms with Crippen LogP contribution < -0.4 is 11.3 Å². The number of benzene rings is 1. The molecule has 1 atom stereocenters. The average molecular weight is 352 g/mol. The van der Waals surface area contributed by atoms with E-state index < -0.39 is 18.6 Å². The van der Waals surface area contributed by atoms with Gasteiger partial charge in [-0.2, -0.15) is 0 Å². The summed E-state index contributed by atoms with van der Waals surface area (Å²) in [5.74, 6) is 4.15. The fourth-order valence-corrected chi connectivity index (χ4v) is 2.07. The highest BCUT2D eigenvalue weighted by atomic mass is 127. The summed E-state index contributed by atoms with van der Waals surface area (Å²) in [5.41, 5.74) is 2.36. The lowest BCUT2D eigenvalue weighted by molar-refractivity contribution is 0.0935. The highest BCUT2D eigenvalue weighted by molar-refractivity contribution is 14.1. The van der Waals surface area contributed by atoms with E-state index in [-0.39, 0.29) is 17.7 Å². The van der Waals surface area contributed by atoms with E-state index in [4.69, 9.17) is 10.9 Å². The number of hydrogen-bond acceptors (Lipinski definition) is 5. The monoisotopic (exact) mass is 352 g/mol. The highest BCUT2D eigenvalue weighted by Crippen LogP contribution is 2.26. The van der Waals surface area contributed by atoms with Gasteiger partial charge in [-0.15, -0.1) is 0 Å². The predicted octanol–water partition coefficient (Wildman–Crippen LogP) is -0.504. The number of aliphatic hydroxyl groups is 2. The topological polar surface area (TPSA) is 116 Å². The number of nitrogen functional groups attached to an aromatic ring is 1. The third kappa shape index (κ3) is 3.53. The van der Waals surface area contributed by atoms with Crippen LogP contribution in [0.5, 0.6) is 5.75 Å². The SMILES string of the molecule is NNC(=O)c1cc(I)cc(CC(O)CO)c1O. The van der Waals surface area contributed by atoms with Gasteiger partial charge in [0.05, 0.1) is 18.3 Å². The predicted molar refractivity (Wildman–Crippen MR) is 69.3 cm³/mol. The summed E-state index contributed by atoms with van der Waals surface area (Å²) in [6, 6.07) is 3.11. The number of rotatable bonds is 4. The van der Waals surface area contributed by atoms with Gasteiger partial charge in [-0.1, -0.05) is 0 Å². The lowest BCUT2D eigenvalue weighted by atomic mass is 10.0. The number of carbonyl (C=O) groups is 1. The molecule has 1 rings (SSSR count). The third-order valence-electron chi connectivity index (χ3n) is 2.20. The molecule has 1 unspecified atom stereocenters. The van der Waals surface area contributed by atoms with E-state index in [1.807, 2.05) is 28.0 Å². The van der Waals surface area contributed by atoms with Crippen LogP contribution in [-0.4, -0.2) is 33.9 Å². The van der Waals surface area contributed by atoms with Crippen LogP contribution in [0.15, 0.2) is 12.1 Å². The van der Waals surface area contributed by atoms with Crippen molar-refractivity contribution in [2.24, 2.45) is 5.84 Å². The summed E-state index contributed by atoms with van der Waals surface area (Å²) >= 11 is 1.98. The smallest absolute Gasteiger partial charge is 0.268 e. The number of halogens is 1. The zero-order valence-electron chi connectivity index (χ0n) is 8.85. The van der Waals surface area contributed by atoms with Crippen molar-refractivity contribution in [1.82, 2.24) is 5.43 Å². The summed E-state index contributed by atoms with van der Waals surface area (Å²) in [6.45, 7) is -0.413. The van der Waals surface area contributed by atoms with Gasteiger partial charge in [-0.3, -0.25) is 10.2 Å². The molecule has 0 saturated heterocycles. The summed E-state index contributed by atoms with van der Waals surface area (Å²) in [7, 11) is 0. The van der Waals surface area contributed by atoms with Crippen molar-refractivity contribution in [2.45, 2.75) is 12.5 Å². The van der Waals surface area contributed by atoms with E-state index in [0.29, 0.717) is 5.56 Å². The summed E-state index contributed by atoms with van der Waals surface area (Å²) in [6.07, 6.45) is -0.919. The zero-order chi connectivity index (χ0) is 13.0. The third-order valence-corrected chi connectivity index (χ3v) is 2.82. The molecule has 0 aliphatic heterocycles. The lowest BCUT2D eigenvalue weighted by Crippen LogP contribution is -2.30. The van der Waals surface area contributed by atoms with Crippen molar-refractivity contribution in [3.63, 3.8) is 0 Å². The highest BCUT2D eigenvalue weighted by Gasteiger charge is 2.17. The van der Waals surface area contributed by atoms with E-state index in [1.54, 1.807) is 6.07 Å². The number of hydrogen-bond donors (Lipinski definition) is 5. The molecule has 94 valence electrons. The minimum Gasteiger partial charge on any atom is -0.507 e. The molecule has 17 heavy (non-hydrogen) atoms. The molecule has 7 heteroatoms. The lowest BCUT2D eigenvalue weighted by Gasteiger charge is -2.12. The first kappa shape index (κ1) is 14.2. The van der Waals surface area contributed by atoms with Crippen molar-refractivity contribution in [3.8, 4) is 5.75 Å². The van der Waals surface area contributed by atoms with Crippen LogP contribution in [0.3, 0.4) is 0 Å². The van der Waals surface area contributed by atoms with Gasteiger partial charge >= 0.3 is 0 Å². The molecule has 0 saturated carbocycles. The molecular weight excluding hydrogens is 339 g/mol. The molecule has 0 aliphatic carbocycles. The first-order chi connectivity index (χ1) is 7.99. The molecule has 0 radical (unpaired) electrons. The Kier molecular flexibility index (Phi) is 5.12. The Morgan fingerprint density at radius 3 is 2.71 bits per heavy atom. The molecule has 1 aromatic carbocycles. The van der Waals surface area contributed by atoms with Crippen LogP contribution in [0.4, 0.5) is 0 Å². The zero-order valence-corrected chi connectivity index (χ0v) is 11.0. The average Bonchev–Trinajstić information content (AvgIpc) is 2.32. The second-order valence-corrected chi connectivity index (χ2v) is 4.72. The molecule has 6 N–H and O–H groups in total. The van der Waals surface area contributed by atoms with Crippen molar-refractivity contribution in [1.29, 1.82) is 0 Å². The van der Waals surface area contributed by atoms with E-state index >= 15 is 0 Å². The van der Waals surface area contributed by atoms with Crippen molar-refractivity contribution in [2.75, 3.05) is 6.61 Å². The van der Waals surface area contributed by atoms with Crippen molar-refractivity contribution >= 4 is 28.5 Å². The molecular formula is C10H13IN2O4. The van der Waals surface area contributed by atoms with Crippen LogP contribution in [0.2, 0.25) is 0 Å². The molecule has 0 heterocycles. The Hall–Kier alpha value is -0.900. The quantitative estimate of drug-likeness (QED) is 0.217. The molecule has 0 bridgehead atoms. The normalized spacial score (nSPS) is 12.2. The summed E-state index contributed by atoms with van der Waals surface area (Å²) in [5, 5.41) is 27.9. The van der Waals surface area contributed by atoms with E-state index in [2.05, 4.69) is 0 Å². The maximum absolute atomic E-state index is 11.4. The second kappa shape index (κ2) is 6.15. The largest absolute Gasteiger partial charge is 0.507 e. The Morgan fingerprint density at radius 2 is 2.18 bits per heavy atom. The van der Waals surface area contributed by atoms with Crippen LogP contribution in [0.25, 0.3) is 0 Å². The fraction of sp³-hybridized carbons (Fsp3) is 0.300. The molecule has 0 aromatic heterocycles. The van der Waals surface area contributed by atoms with E-state index in [1.165, 1.54) is 6.07 Å². The van der Waals surface area contributed by atoms with Crippen LogP contribution in [0.1, 0.15) is 15.9 Å². The van der Waals surface area contributed by atoms with Crippen LogP contribution in [0, 0.1) is 3.57 Å². The molecule has 0 spiro atoms. The number of aromatic hydroxyl groups is 1. The molecule has 0 fully saturated rings. The van der Waals surface area contributed by atoms with Crippen LogP contribution >= 0.6 is 22.6 Å². The molecule has 1 aromatic rings. The van der Waals surface area contributed by atoms with Crippen molar-refractivity contribution < 1.29 is 20.1 Å². The second-order valence-electron chi connectivity index (χ2n) is 3.48. The Morgan fingerprint density at radius 1 is 1.53 bits per heavy atom. The van der Waals surface area contributed by atoms with Gasteiger partial charge in [0.2, 0.25) is 0 Å². The minimum absolute atomic E-state index is 0.0412. The first-order valence-electron chi connectivity index (χ1n) is 4.80. The maximum Gasteiger partial charge on any atom is 0.268 e. The van der Waals surface area contributed by atoms with Gasteiger partial charge in [0.25, 0.3) is 5.91 Å². The number of amides is 1.